The molecule has 6 heteroatoms. The van der Waals surface area contributed by atoms with Crippen LogP contribution < -0.4 is 0 Å². The number of carbonyl (C=O) groups excluding carboxylic acids is 1. The molecule has 1 N–H and O–H groups in total. The van der Waals surface area contributed by atoms with Gasteiger partial charge in [0.15, 0.2) is 0 Å². The maximum absolute atomic E-state index is 12.5. The van der Waals surface area contributed by atoms with Gasteiger partial charge in [0.2, 0.25) is 0 Å². The van der Waals surface area contributed by atoms with Gasteiger partial charge in [-0.15, -0.1) is 11.3 Å². The summed E-state index contributed by atoms with van der Waals surface area (Å²) < 4.78 is 5.54. The first-order valence-electron chi connectivity index (χ1n) is 7.59. The zero-order valence-corrected chi connectivity index (χ0v) is 13.9. The van der Waals surface area contributed by atoms with E-state index in [1.807, 2.05) is 31.7 Å². The van der Waals surface area contributed by atoms with Gasteiger partial charge in [0.25, 0.3) is 0 Å². The Morgan fingerprint density at radius 3 is 2.77 bits per heavy atom. The van der Waals surface area contributed by atoms with Crippen molar-refractivity contribution >= 4 is 23.4 Å². The first-order valence-corrected chi connectivity index (χ1v) is 8.41. The Morgan fingerprint density at radius 1 is 1.41 bits per heavy atom. The average Bonchev–Trinajstić information content (AvgIpc) is 2.88. The summed E-state index contributed by atoms with van der Waals surface area (Å²) in [6.45, 7) is 5.62. The van der Waals surface area contributed by atoms with Crippen molar-refractivity contribution in [3.05, 3.63) is 21.4 Å². The highest BCUT2D eigenvalue weighted by atomic mass is 32.1. The SMILES string of the molecule is CC(C)(C)OC(=O)N1C2CCC1c1cc(CC(=O)O)sc1C2. The molecule has 2 aliphatic heterocycles. The van der Waals surface area contributed by atoms with Gasteiger partial charge in [-0.1, -0.05) is 0 Å². The highest BCUT2D eigenvalue weighted by molar-refractivity contribution is 7.12. The summed E-state index contributed by atoms with van der Waals surface area (Å²) in [5.41, 5.74) is 0.626. The van der Waals surface area contributed by atoms with E-state index >= 15 is 0 Å². The van der Waals surface area contributed by atoms with Crippen LogP contribution in [0.25, 0.3) is 0 Å². The molecule has 0 aliphatic carbocycles. The van der Waals surface area contributed by atoms with E-state index in [4.69, 9.17) is 9.84 Å². The summed E-state index contributed by atoms with van der Waals surface area (Å²) in [5.74, 6) is -0.812. The minimum absolute atomic E-state index is 0.0439. The molecule has 2 aliphatic rings. The Hall–Kier alpha value is -1.56. The lowest BCUT2D eigenvalue weighted by Gasteiger charge is -2.36. The van der Waals surface area contributed by atoms with Crippen LogP contribution in [-0.4, -0.2) is 33.7 Å². The van der Waals surface area contributed by atoms with Crippen molar-refractivity contribution in [1.29, 1.82) is 0 Å². The van der Waals surface area contributed by atoms with Crippen molar-refractivity contribution in [1.82, 2.24) is 4.90 Å². The maximum Gasteiger partial charge on any atom is 0.411 e. The lowest BCUT2D eigenvalue weighted by molar-refractivity contribution is -0.136. The van der Waals surface area contributed by atoms with Crippen LogP contribution in [0.15, 0.2) is 6.07 Å². The van der Waals surface area contributed by atoms with Crippen molar-refractivity contribution in [3.8, 4) is 0 Å². The number of carboxylic acids is 1. The largest absolute Gasteiger partial charge is 0.481 e. The zero-order chi connectivity index (χ0) is 16.1. The molecule has 0 saturated carbocycles. The fourth-order valence-corrected chi connectivity index (χ4v) is 4.66. The molecule has 1 amide bonds. The van der Waals surface area contributed by atoms with Crippen molar-refractivity contribution in [2.75, 3.05) is 0 Å². The van der Waals surface area contributed by atoms with Crippen molar-refractivity contribution in [2.45, 2.75) is 64.1 Å². The van der Waals surface area contributed by atoms with Gasteiger partial charge in [0.05, 0.1) is 12.5 Å². The molecule has 3 rings (SSSR count). The molecule has 5 nitrogen and oxygen atoms in total. The molecule has 1 aromatic rings. The Labute approximate surface area is 133 Å². The Morgan fingerprint density at radius 2 is 2.14 bits per heavy atom. The Kier molecular flexibility index (Phi) is 3.67. The van der Waals surface area contributed by atoms with E-state index in [9.17, 15) is 9.59 Å². The first-order chi connectivity index (χ1) is 10.2. The molecule has 2 atom stereocenters. The lowest BCUT2D eigenvalue weighted by atomic mass is 10.0. The number of nitrogens with zero attached hydrogens (tertiary/aromatic N) is 1. The van der Waals surface area contributed by atoms with Gasteiger partial charge in [-0.25, -0.2) is 4.79 Å². The average molecular weight is 323 g/mol. The van der Waals surface area contributed by atoms with E-state index in [0.29, 0.717) is 0 Å². The van der Waals surface area contributed by atoms with Gasteiger partial charge < -0.3 is 9.84 Å². The van der Waals surface area contributed by atoms with Crippen LogP contribution in [0.4, 0.5) is 4.79 Å². The molecule has 2 bridgehead atoms. The van der Waals surface area contributed by atoms with E-state index in [0.717, 1.165) is 29.7 Å². The Bertz CT molecular complexity index is 616. The van der Waals surface area contributed by atoms with Crippen LogP contribution in [0.2, 0.25) is 0 Å². The van der Waals surface area contributed by atoms with E-state index in [-0.39, 0.29) is 24.6 Å². The fourth-order valence-electron chi connectivity index (χ4n) is 3.37. The smallest absolute Gasteiger partial charge is 0.411 e. The third-order valence-electron chi connectivity index (χ3n) is 4.11. The Balaban J connectivity index is 1.84. The monoisotopic (exact) mass is 323 g/mol. The van der Waals surface area contributed by atoms with E-state index in [1.165, 1.54) is 4.88 Å². The quantitative estimate of drug-likeness (QED) is 0.906. The van der Waals surface area contributed by atoms with Gasteiger partial charge in [0.1, 0.15) is 5.60 Å². The first kappa shape index (κ1) is 15.3. The molecule has 3 heterocycles. The highest BCUT2D eigenvalue weighted by Crippen LogP contribution is 2.47. The summed E-state index contributed by atoms with van der Waals surface area (Å²) in [6.07, 6.45) is 2.54. The topological polar surface area (TPSA) is 66.8 Å². The number of rotatable bonds is 2. The van der Waals surface area contributed by atoms with Gasteiger partial charge in [-0.3, -0.25) is 9.69 Å². The molecule has 0 radical (unpaired) electrons. The molecule has 1 aromatic heterocycles. The van der Waals surface area contributed by atoms with Crippen molar-refractivity contribution in [3.63, 3.8) is 0 Å². The predicted octanol–water partition coefficient (Wildman–Crippen LogP) is 3.37. The van der Waals surface area contributed by atoms with Crippen LogP contribution in [0.5, 0.6) is 0 Å². The number of thiophene rings is 1. The normalized spacial score (nSPS) is 23.3. The second-order valence-corrected chi connectivity index (χ2v) is 8.22. The molecular formula is C16H21NO4S. The number of aliphatic carboxylic acids is 1. The second-order valence-electron chi connectivity index (χ2n) is 7.00. The zero-order valence-electron chi connectivity index (χ0n) is 13.1. The van der Waals surface area contributed by atoms with Crippen LogP contribution in [-0.2, 0) is 22.4 Å². The van der Waals surface area contributed by atoms with Crippen LogP contribution in [0.3, 0.4) is 0 Å². The number of carbonyl (C=O) groups is 2. The molecule has 0 aromatic carbocycles. The molecular weight excluding hydrogens is 302 g/mol. The van der Waals surface area contributed by atoms with Gasteiger partial charge in [-0.05, 0) is 45.2 Å². The van der Waals surface area contributed by atoms with Gasteiger partial charge in [-0.2, -0.15) is 0 Å². The highest BCUT2D eigenvalue weighted by Gasteiger charge is 2.45. The van der Waals surface area contributed by atoms with Gasteiger partial charge in [0, 0.05) is 22.2 Å². The molecule has 22 heavy (non-hydrogen) atoms. The van der Waals surface area contributed by atoms with Crippen LogP contribution >= 0.6 is 11.3 Å². The summed E-state index contributed by atoms with van der Waals surface area (Å²) in [5, 5.41) is 8.95. The van der Waals surface area contributed by atoms with Crippen LogP contribution in [0, 0.1) is 0 Å². The standard InChI is InChI=1S/C16H21NO4S/c1-16(2,3)21-15(20)17-9-4-5-12(17)11-7-10(8-14(18)19)22-13(11)6-9/h7,9,12H,4-6,8H2,1-3H3,(H,18,19). The summed E-state index contributed by atoms with van der Waals surface area (Å²) >= 11 is 1.58. The number of hydrogen-bond acceptors (Lipinski definition) is 4. The molecule has 1 saturated heterocycles. The van der Waals surface area contributed by atoms with Crippen LogP contribution in [0.1, 0.15) is 55.0 Å². The second kappa shape index (κ2) is 5.26. The number of fused-ring (bicyclic) bond motifs is 4. The number of ether oxygens (including phenoxy) is 1. The molecule has 120 valence electrons. The van der Waals surface area contributed by atoms with E-state index in [2.05, 4.69) is 0 Å². The molecule has 0 spiro atoms. The van der Waals surface area contributed by atoms with E-state index in [1.54, 1.807) is 11.3 Å². The fraction of sp³-hybridized carbons (Fsp3) is 0.625. The predicted molar refractivity (Wildman–Crippen MR) is 83.2 cm³/mol. The molecule has 2 unspecified atom stereocenters. The maximum atomic E-state index is 12.5. The summed E-state index contributed by atoms with van der Waals surface area (Å²) in [6, 6.07) is 2.20. The van der Waals surface area contributed by atoms with Crippen molar-refractivity contribution < 1.29 is 19.4 Å². The molecule has 1 fully saturated rings. The summed E-state index contributed by atoms with van der Waals surface area (Å²) in [7, 11) is 0. The minimum atomic E-state index is -0.812. The number of hydrogen-bond donors (Lipinski definition) is 1. The van der Waals surface area contributed by atoms with Crippen molar-refractivity contribution in [2.24, 2.45) is 0 Å². The minimum Gasteiger partial charge on any atom is -0.481 e. The van der Waals surface area contributed by atoms with E-state index < -0.39 is 11.6 Å². The third-order valence-corrected chi connectivity index (χ3v) is 5.28. The summed E-state index contributed by atoms with van der Waals surface area (Å²) in [4.78, 5) is 27.3. The number of carboxylic acid groups (broad SMARTS) is 1. The lowest BCUT2D eigenvalue weighted by Crippen LogP contribution is -2.44. The third kappa shape index (κ3) is 2.84. The van der Waals surface area contributed by atoms with Gasteiger partial charge >= 0.3 is 12.1 Å². The number of amides is 1.